The summed E-state index contributed by atoms with van der Waals surface area (Å²) in [5.74, 6) is 0.0592. The highest BCUT2D eigenvalue weighted by Crippen LogP contribution is 2.19. The molecule has 2 aromatic rings. The van der Waals surface area contributed by atoms with Crippen LogP contribution in [0.25, 0.3) is 0 Å². The third kappa shape index (κ3) is 3.89. The fraction of sp³-hybridized carbons (Fsp3) is 0.294. The van der Waals surface area contributed by atoms with E-state index in [1.54, 1.807) is 18.3 Å². The Bertz CT molecular complexity index is 643. The molecule has 0 aliphatic heterocycles. The van der Waals surface area contributed by atoms with Gasteiger partial charge in [-0.3, -0.25) is 4.79 Å². The van der Waals surface area contributed by atoms with Crippen molar-refractivity contribution in [3.63, 3.8) is 0 Å². The van der Waals surface area contributed by atoms with E-state index in [2.05, 4.69) is 24.1 Å². The molecular formula is C17H20FN3O. The number of nitrogens with one attached hydrogen (secondary N) is 1. The van der Waals surface area contributed by atoms with Gasteiger partial charge in [0.2, 0.25) is 0 Å². The Morgan fingerprint density at radius 2 is 2.00 bits per heavy atom. The number of halogens is 1. The zero-order chi connectivity index (χ0) is 16.1. The molecule has 2 rings (SSSR count). The minimum absolute atomic E-state index is 0.249. The summed E-state index contributed by atoms with van der Waals surface area (Å²) in [6, 6.07) is 8.36. The smallest absolute Gasteiger partial charge is 0.184 e. The van der Waals surface area contributed by atoms with Crippen LogP contribution in [0.3, 0.4) is 0 Å². The number of Topliss-reactive ketones (excluding diaryl/α,β-unsaturated/α-hetero) is 1. The number of aromatic nitrogens is 1. The van der Waals surface area contributed by atoms with E-state index in [-0.39, 0.29) is 17.6 Å². The Labute approximate surface area is 129 Å². The van der Waals surface area contributed by atoms with Gasteiger partial charge >= 0.3 is 0 Å². The molecule has 0 saturated carbocycles. The molecule has 4 nitrogen and oxygen atoms in total. The molecule has 0 radical (unpaired) electrons. The second-order valence-corrected chi connectivity index (χ2v) is 5.28. The van der Waals surface area contributed by atoms with Gasteiger partial charge in [-0.25, -0.2) is 9.37 Å². The van der Waals surface area contributed by atoms with Gasteiger partial charge in [0.05, 0.1) is 6.04 Å². The van der Waals surface area contributed by atoms with Crippen molar-refractivity contribution >= 4 is 11.6 Å². The minimum Gasteiger partial charge on any atom is -0.368 e. The summed E-state index contributed by atoms with van der Waals surface area (Å²) in [5, 5.41) is 3.25. The summed E-state index contributed by atoms with van der Waals surface area (Å²) in [5.41, 5.74) is 7.11. The second-order valence-electron chi connectivity index (χ2n) is 5.28. The maximum absolute atomic E-state index is 12.9. The van der Waals surface area contributed by atoms with E-state index in [1.165, 1.54) is 24.3 Å². The molecule has 5 heteroatoms. The predicted octanol–water partition coefficient (Wildman–Crippen LogP) is 3.31. The number of anilines is 1. The lowest BCUT2D eigenvalue weighted by Gasteiger charge is -2.15. The molecule has 116 valence electrons. The van der Waals surface area contributed by atoms with E-state index < -0.39 is 6.04 Å². The van der Waals surface area contributed by atoms with Crippen LogP contribution in [0.4, 0.5) is 10.2 Å². The average Bonchev–Trinajstić information content (AvgIpc) is 2.54. The lowest BCUT2D eigenvalue weighted by molar-refractivity contribution is 0.0961. The average molecular weight is 301 g/mol. The number of nitrogens with two attached hydrogens (primary N) is 1. The molecule has 22 heavy (non-hydrogen) atoms. The Hall–Kier alpha value is -2.27. The first kappa shape index (κ1) is 16.1. The summed E-state index contributed by atoms with van der Waals surface area (Å²) in [4.78, 5) is 16.6. The van der Waals surface area contributed by atoms with Crippen molar-refractivity contribution in [2.45, 2.75) is 32.4 Å². The zero-order valence-electron chi connectivity index (χ0n) is 12.7. The first-order valence-corrected chi connectivity index (χ1v) is 7.29. The Morgan fingerprint density at radius 3 is 2.64 bits per heavy atom. The first-order valence-electron chi connectivity index (χ1n) is 7.29. The lowest BCUT2D eigenvalue weighted by Crippen LogP contribution is -2.22. The predicted molar refractivity (Wildman–Crippen MR) is 85.3 cm³/mol. The highest BCUT2D eigenvalue weighted by atomic mass is 19.1. The van der Waals surface area contributed by atoms with Gasteiger partial charge in [-0.2, -0.15) is 0 Å². The standard InChI is InChI=1S/C17H20FN3O/c1-3-11(2)21-15-10-13(8-9-20-15)16(19)17(22)12-4-6-14(18)7-5-12/h4-11,16H,3,19H2,1-2H3,(H,20,21). The molecule has 1 aromatic heterocycles. The van der Waals surface area contributed by atoms with Crippen LogP contribution >= 0.6 is 0 Å². The van der Waals surface area contributed by atoms with Crippen molar-refractivity contribution in [1.82, 2.24) is 4.98 Å². The van der Waals surface area contributed by atoms with E-state index >= 15 is 0 Å². The largest absolute Gasteiger partial charge is 0.368 e. The molecule has 0 fully saturated rings. The molecule has 0 spiro atoms. The van der Waals surface area contributed by atoms with Crippen LogP contribution in [0.2, 0.25) is 0 Å². The summed E-state index contributed by atoms with van der Waals surface area (Å²) >= 11 is 0. The number of carbonyl (C=O) groups is 1. The van der Waals surface area contributed by atoms with Crippen LogP contribution in [0, 0.1) is 5.82 Å². The van der Waals surface area contributed by atoms with Crippen molar-refractivity contribution < 1.29 is 9.18 Å². The molecule has 0 aliphatic carbocycles. The fourth-order valence-corrected chi connectivity index (χ4v) is 2.02. The van der Waals surface area contributed by atoms with Crippen molar-refractivity contribution in [3.05, 3.63) is 59.5 Å². The number of benzene rings is 1. The van der Waals surface area contributed by atoms with Crippen LogP contribution in [0.1, 0.15) is 42.2 Å². The van der Waals surface area contributed by atoms with E-state index in [0.717, 1.165) is 6.42 Å². The van der Waals surface area contributed by atoms with Gasteiger partial charge in [-0.05, 0) is 55.3 Å². The number of nitrogens with zero attached hydrogens (tertiary/aromatic N) is 1. The van der Waals surface area contributed by atoms with E-state index in [1.807, 2.05) is 0 Å². The second kappa shape index (κ2) is 7.13. The third-order valence-electron chi connectivity index (χ3n) is 3.56. The molecule has 0 saturated heterocycles. The van der Waals surface area contributed by atoms with E-state index in [9.17, 15) is 9.18 Å². The quantitative estimate of drug-likeness (QED) is 0.803. The van der Waals surface area contributed by atoms with Crippen LogP contribution in [-0.4, -0.2) is 16.8 Å². The van der Waals surface area contributed by atoms with Crippen molar-refractivity contribution in [2.24, 2.45) is 5.73 Å². The number of ketones is 1. The highest BCUT2D eigenvalue weighted by Gasteiger charge is 2.18. The Balaban J connectivity index is 2.18. The summed E-state index contributed by atoms with van der Waals surface area (Å²) in [6.07, 6.45) is 2.59. The molecule has 0 bridgehead atoms. The summed E-state index contributed by atoms with van der Waals surface area (Å²) in [6.45, 7) is 4.13. The first-order chi connectivity index (χ1) is 10.5. The lowest BCUT2D eigenvalue weighted by atomic mass is 9.99. The summed E-state index contributed by atoms with van der Waals surface area (Å²) < 4.78 is 12.9. The van der Waals surface area contributed by atoms with Gasteiger partial charge < -0.3 is 11.1 Å². The molecule has 0 aliphatic rings. The number of rotatable bonds is 6. The molecule has 1 heterocycles. The molecule has 2 atom stereocenters. The molecule has 1 aromatic carbocycles. The zero-order valence-corrected chi connectivity index (χ0v) is 12.7. The van der Waals surface area contributed by atoms with Crippen LogP contribution in [0.15, 0.2) is 42.6 Å². The normalized spacial score (nSPS) is 13.5. The summed E-state index contributed by atoms with van der Waals surface area (Å²) in [7, 11) is 0. The maximum atomic E-state index is 12.9. The minimum atomic E-state index is -0.800. The number of pyridine rings is 1. The monoisotopic (exact) mass is 301 g/mol. The van der Waals surface area contributed by atoms with Crippen LogP contribution < -0.4 is 11.1 Å². The molecular weight excluding hydrogens is 281 g/mol. The van der Waals surface area contributed by atoms with E-state index in [0.29, 0.717) is 16.9 Å². The van der Waals surface area contributed by atoms with Gasteiger partial charge in [-0.1, -0.05) is 6.92 Å². The van der Waals surface area contributed by atoms with E-state index in [4.69, 9.17) is 5.73 Å². The molecule has 3 N–H and O–H groups in total. The Kier molecular flexibility index (Phi) is 5.22. The maximum Gasteiger partial charge on any atom is 0.184 e. The SMILES string of the molecule is CCC(C)Nc1cc(C(N)C(=O)c2ccc(F)cc2)ccn1. The topological polar surface area (TPSA) is 68.0 Å². The van der Waals surface area contributed by atoms with Crippen LogP contribution in [0.5, 0.6) is 0 Å². The molecule has 0 amide bonds. The van der Waals surface area contributed by atoms with Crippen molar-refractivity contribution in [3.8, 4) is 0 Å². The fourth-order valence-electron chi connectivity index (χ4n) is 2.02. The highest BCUT2D eigenvalue weighted by molar-refractivity contribution is 6.00. The van der Waals surface area contributed by atoms with Gasteiger partial charge in [0.25, 0.3) is 0 Å². The van der Waals surface area contributed by atoms with Crippen LogP contribution in [-0.2, 0) is 0 Å². The number of hydrogen-bond donors (Lipinski definition) is 2. The number of carbonyl (C=O) groups excluding carboxylic acids is 1. The van der Waals surface area contributed by atoms with Crippen molar-refractivity contribution in [1.29, 1.82) is 0 Å². The van der Waals surface area contributed by atoms with Crippen molar-refractivity contribution in [2.75, 3.05) is 5.32 Å². The number of hydrogen-bond acceptors (Lipinski definition) is 4. The Morgan fingerprint density at radius 1 is 1.32 bits per heavy atom. The van der Waals surface area contributed by atoms with Gasteiger partial charge in [-0.15, -0.1) is 0 Å². The van der Waals surface area contributed by atoms with Gasteiger partial charge in [0.1, 0.15) is 11.6 Å². The third-order valence-corrected chi connectivity index (χ3v) is 3.56. The van der Waals surface area contributed by atoms with Gasteiger partial charge in [0, 0.05) is 17.8 Å². The molecule has 2 unspecified atom stereocenters. The van der Waals surface area contributed by atoms with Gasteiger partial charge in [0.15, 0.2) is 5.78 Å².